The minimum atomic E-state index is -0.502. The Morgan fingerprint density at radius 2 is 1.90 bits per heavy atom. The summed E-state index contributed by atoms with van der Waals surface area (Å²) in [5, 5.41) is 11.3. The van der Waals surface area contributed by atoms with Crippen LogP contribution in [-0.4, -0.2) is 36.2 Å². The van der Waals surface area contributed by atoms with Gasteiger partial charge in [0.15, 0.2) is 0 Å². The van der Waals surface area contributed by atoms with Crippen molar-refractivity contribution in [2.75, 3.05) is 20.6 Å². The molecule has 1 aromatic rings. The van der Waals surface area contributed by atoms with Gasteiger partial charge in [0.2, 0.25) is 0 Å². The first-order valence-corrected chi connectivity index (χ1v) is 7.93. The molecule has 1 N–H and O–H groups in total. The molecule has 0 aromatic heterocycles. The SMILES string of the molecule is CC1CCCC(CN(C)C)C1(O)CCc1ccccc1. The lowest BCUT2D eigenvalue weighted by molar-refractivity contribution is -0.0998. The van der Waals surface area contributed by atoms with Crippen LogP contribution in [-0.2, 0) is 6.42 Å². The molecule has 3 unspecified atom stereocenters. The fourth-order valence-corrected chi connectivity index (χ4v) is 3.70. The number of hydrogen-bond donors (Lipinski definition) is 1. The number of hydrogen-bond acceptors (Lipinski definition) is 2. The highest BCUT2D eigenvalue weighted by Crippen LogP contribution is 2.41. The average Bonchev–Trinajstić information content (AvgIpc) is 2.43. The maximum absolute atomic E-state index is 11.3. The fraction of sp³-hybridized carbons (Fsp3) is 0.667. The van der Waals surface area contributed by atoms with Crippen molar-refractivity contribution >= 4 is 0 Å². The van der Waals surface area contributed by atoms with Crippen LogP contribution in [0.25, 0.3) is 0 Å². The van der Waals surface area contributed by atoms with E-state index in [4.69, 9.17) is 0 Å². The van der Waals surface area contributed by atoms with Gasteiger partial charge in [-0.1, -0.05) is 43.7 Å². The van der Waals surface area contributed by atoms with E-state index in [1.165, 1.54) is 12.0 Å². The lowest BCUT2D eigenvalue weighted by Crippen LogP contribution is -2.50. The molecule has 0 radical (unpaired) electrons. The predicted molar refractivity (Wildman–Crippen MR) is 84.8 cm³/mol. The second-order valence-electron chi connectivity index (χ2n) is 6.77. The van der Waals surface area contributed by atoms with Gasteiger partial charge in [-0.15, -0.1) is 0 Å². The molecule has 2 heteroatoms. The second kappa shape index (κ2) is 6.73. The van der Waals surface area contributed by atoms with Crippen LogP contribution >= 0.6 is 0 Å². The van der Waals surface area contributed by atoms with Gasteiger partial charge in [-0.25, -0.2) is 0 Å². The molecule has 0 bridgehead atoms. The van der Waals surface area contributed by atoms with Crippen LogP contribution in [0.2, 0.25) is 0 Å². The van der Waals surface area contributed by atoms with Gasteiger partial charge in [0.05, 0.1) is 5.60 Å². The van der Waals surface area contributed by atoms with Crippen molar-refractivity contribution in [3.05, 3.63) is 35.9 Å². The summed E-state index contributed by atoms with van der Waals surface area (Å²) < 4.78 is 0. The summed E-state index contributed by atoms with van der Waals surface area (Å²) in [6.07, 6.45) is 5.44. The van der Waals surface area contributed by atoms with Gasteiger partial charge in [0.25, 0.3) is 0 Å². The van der Waals surface area contributed by atoms with Crippen molar-refractivity contribution in [3.8, 4) is 0 Å². The van der Waals surface area contributed by atoms with Gasteiger partial charge < -0.3 is 10.0 Å². The number of rotatable bonds is 5. The first-order valence-electron chi connectivity index (χ1n) is 7.93. The Morgan fingerprint density at radius 3 is 2.55 bits per heavy atom. The lowest BCUT2D eigenvalue weighted by Gasteiger charge is -2.46. The minimum absolute atomic E-state index is 0.407. The van der Waals surface area contributed by atoms with E-state index in [-0.39, 0.29) is 0 Å². The molecule has 112 valence electrons. The molecule has 1 fully saturated rings. The van der Waals surface area contributed by atoms with Crippen molar-refractivity contribution in [3.63, 3.8) is 0 Å². The smallest absolute Gasteiger partial charge is 0.0716 e. The Bertz CT molecular complexity index is 403. The predicted octanol–water partition coefficient (Wildman–Crippen LogP) is 3.35. The van der Waals surface area contributed by atoms with Gasteiger partial charge in [0, 0.05) is 12.5 Å². The lowest BCUT2D eigenvalue weighted by atomic mass is 9.66. The highest BCUT2D eigenvalue weighted by molar-refractivity contribution is 5.15. The monoisotopic (exact) mass is 275 g/mol. The van der Waals surface area contributed by atoms with Crippen molar-refractivity contribution in [2.45, 2.75) is 44.6 Å². The molecule has 2 nitrogen and oxygen atoms in total. The Labute approximate surface area is 123 Å². The molecular formula is C18H29NO. The molecule has 0 amide bonds. The molecule has 0 saturated heterocycles. The molecular weight excluding hydrogens is 246 g/mol. The van der Waals surface area contributed by atoms with Crippen LogP contribution in [0.4, 0.5) is 0 Å². The van der Waals surface area contributed by atoms with Crippen LogP contribution in [0, 0.1) is 11.8 Å². The largest absolute Gasteiger partial charge is 0.389 e. The maximum atomic E-state index is 11.3. The molecule has 1 saturated carbocycles. The van der Waals surface area contributed by atoms with Gasteiger partial charge in [-0.2, -0.15) is 0 Å². The zero-order valence-electron chi connectivity index (χ0n) is 13.2. The first kappa shape index (κ1) is 15.5. The van der Waals surface area contributed by atoms with Gasteiger partial charge in [-0.05, 0) is 51.3 Å². The van der Waals surface area contributed by atoms with Crippen molar-refractivity contribution in [1.29, 1.82) is 0 Å². The molecule has 0 aliphatic heterocycles. The van der Waals surface area contributed by atoms with Crippen LogP contribution in [0.15, 0.2) is 30.3 Å². The summed E-state index contributed by atoms with van der Waals surface area (Å²) in [5.74, 6) is 0.815. The molecule has 1 aliphatic rings. The maximum Gasteiger partial charge on any atom is 0.0716 e. The van der Waals surface area contributed by atoms with Gasteiger partial charge >= 0.3 is 0 Å². The summed E-state index contributed by atoms with van der Waals surface area (Å²) in [4.78, 5) is 2.22. The third-order valence-electron chi connectivity index (χ3n) is 4.99. The van der Waals surface area contributed by atoms with E-state index in [9.17, 15) is 5.11 Å². The summed E-state index contributed by atoms with van der Waals surface area (Å²) >= 11 is 0. The average molecular weight is 275 g/mol. The zero-order valence-corrected chi connectivity index (χ0v) is 13.2. The number of benzene rings is 1. The Hall–Kier alpha value is -0.860. The van der Waals surface area contributed by atoms with E-state index in [0.717, 1.165) is 32.2 Å². The zero-order chi connectivity index (χ0) is 14.6. The minimum Gasteiger partial charge on any atom is -0.389 e. The third kappa shape index (κ3) is 3.62. The van der Waals surface area contributed by atoms with Crippen LogP contribution < -0.4 is 0 Å². The normalized spacial score (nSPS) is 30.6. The van der Waals surface area contributed by atoms with E-state index in [0.29, 0.717) is 11.8 Å². The Kier molecular flexibility index (Phi) is 5.22. The van der Waals surface area contributed by atoms with Gasteiger partial charge in [-0.3, -0.25) is 0 Å². The number of nitrogens with zero attached hydrogens (tertiary/aromatic N) is 1. The molecule has 1 aromatic carbocycles. The van der Waals surface area contributed by atoms with Crippen LogP contribution in [0.1, 0.15) is 38.2 Å². The van der Waals surface area contributed by atoms with Crippen LogP contribution in [0.3, 0.4) is 0 Å². The molecule has 3 atom stereocenters. The molecule has 2 rings (SSSR count). The van der Waals surface area contributed by atoms with E-state index in [1.807, 2.05) is 0 Å². The topological polar surface area (TPSA) is 23.5 Å². The van der Waals surface area contributed by atoms with E-state index >= 15 is 0 Å². The standard InChI is InChI=1S/C18H29NO/c1-15-8-7-11-17(14-19(2)3)18(15,20)13-12-16-9-5-4-6-10-16/h4-6,9-10,15,17,20H,7-8,11-14H2,1-3H3. The van der Waals surface area contributed by atoms with Crippen molar-refractivity contribution < 1.29 is 5.11 Å². The number of aliphatic hydroxyl groups is 1. The quantitative estimate of drug-likeness (QED) is 0.891. The molecule has 20 heavy (non-hydrogen) atoms. The molecule has 0 heterocycles. The first-order chi connectivity index (χ1) is 9.52. The second-order valence-corrected chi connectivity index (χ2v) is 6.77. The van der Waals surface area contributed by atoms with E-state index in [1.54, 1.807) is 0 Å². The third-order valence-corrected chi connectivity index (χ3v) is 4.99. The summed E-state index contributed by atoms with van der Waals surface area (Å²) in [6.45, 7) is 3.22. The van der Waals surface area contributed by atoms with Crippen molar-refractivity contribution in [2.24, 2.45) is 11.8 Å². The highest BCUT2D eigenvalue weighted by Gasteiger charge is 2.43. The van der Waals surface area contributed by atoms with E-state index < -0.39 is 5.60 Å². The Morgan fingerprint density at radius 1 is 1.20 bits per heavy atom. The fourth-order valence-electron chi connectivity index (χ4n) is 3.70. The summed E-state index contributed by atoms with van der Waals surface area (Å²) in [5.41, 5.74) is 0.834. The van der Waals surface area contributed by atoms with E-state index in [2.05, 4.69) is 56.3 Å². The number of aryl methyl sites for hydroxylation is 1. The Balaban J connectivity index is 2.06. The molecule has 0 spiro atoms. The summed E-state index contributed by atoms with van der Waals surface area (Å²) in [6, 6.07) is 10.5. The summed E-state index contributed by atoms with van der Waals surface area (Å²) in [7, 11) is 4.22. The van der Waals surface area contributed by atoms with Crippen molar-refractivity contribution in [1.82, 2.24) is 4.90 Å². The highest BCUT2D eigenvalue weighted by atomic mass is 16.3. The van der Waals surface area contributed by atoms with Crippen LogP contribution in [0.5, 0.6) is 0 Å². The van der Waals surface area contributed by atoms with Gasteiger partial charge in [0.1, 0.15) is 0 Å². The molecule has 1 aliphatic carbocycles.